The summed E-state index contributed by atoms with van der Waals surface area (Å²) in [5, 5.41) is 3.62. The molecule has 0 saturated carbocycles. The smallest absolute Gasteiger partial charge is 0.322 e. The monoisotopic (exact) mass is 480 g/mol. The fourth-order valence-electron chi connectivity index (χ4n) is 3.73. The largest absolute Gasteiger partial charge is 0.490 e. The topological polar surface area (TPSA) is 77.1 Å². The predicted molar refractivity (Wildman–Crippen MR) is 124 cm³/mol. The third kappa shape index (κ3) is 5.40. The second-order valence-corrected chi connectivity index (χ2v) is 8.00. The zero-order valence-corrected chi connectivity index (χ0v) is 19.8. The molecule has 7 nitrogen and oxygen atoms in total. The average molecular weight is 481 g/mol. The van der Waals surface area contributed by atoms with Crippen molar-refractivity contribution in [1.82, 2.24) is 4.90 Å². The molecule has 1 aliphatic heterocycles. The Labute approximate surface area is 197 Å². The third-order valence-corrected chi connectivity index (χ3v) is 5.75. The maximum Gasteiger partial charge on any atom is 0.322 e. The molecule has 1 atom stereocenters. The summed E-state index contributed by atoms with van der Waals surface area (Å²) in [6, 6.07) is 7.68. The van der Waals surface area contributed by atoms with E-state index in [-0.39, 0.29) is 12.5 Å². The number of hydrogen-bond acceptors (Lipinski definition) is 5. The van der Waals surface area contributed by atoms with Crippen molar-refractivity contribution in [2.24, 2.45) is 0 Å². The lowest BCUT2D eigenvalue weighted by molar-refractivity contribution is -0.141. The Hall–Kier alpha value is -2.64. The van der Waals surface area contributed by atoms with Crippen molar-refractivity contribution < 1.29 is 23.8 Å². The van der Waals surface area contributed by atoms with Crippen LogP contribution in [-0.2, 0) is 16.0 Å². The van der Waals surface area contributed by atoms with Crippen molar-refractivity contribution in [3.05, 3.63) is 51.5 Å². The summed E-state index contributed by atoms with van der Waals surface area (Å²) in [6.45, 7) is 5.15. The third-order valence-electron chi connectivity index (χ3n) is 5.18. The standard InChI is InChI=1S/C23H26Cl2N2O5/c1-4-31-20-10-14-8-9-27(23(29)26-18-11-15(24)6-7-17(18)25)19(13-22(28)30-3)16(14)12-21(20)32-5-2/h6-7,10-12,19H,4-5,8-9,13H2,1-3H3,(H,26,29)/t19-/m0/s1. The number of carbonyl (C=O) groups excluding carboxylic acids is 2. The van der Waals surface area contributed by atoms with E-state index in [4.69, 9.17) is 37.4 Å². The molecule has 1 aliphatic rings. The van der Waals surface area contributed by atoms with Gasteiger partial charge in [0.15, 0.2) is 11.5 Å². The molecule has 0 unspecified atom stereocenters. The quantitative estimate of drug-likeness (QED) is 0.530. The Balaban J connectivity index is 1.97. The van der Waals surface area contributed by atoms with E-state index in [0.29, 0.717) is 53.4 Å². The van der Waals surface area contributed by atoms with Crippen molar-refractivity contribution in [1.29, 1.82) is 0 Å². The normalized spacial score (nSPS) is 15.0. The first kappa shape index (κ1) is 24.0. The number of urea groups is 1. The molecule has 0 aromatic heterocycles. The maximum atomic E-state index is 13.2. The highest BCUT2D eigenvalue weighted by Gasteiger charge is 2.34. The molecular weight excluding hydrogens is 455 g/mol. The highest BCUT2D eigenvalue weighted by Crippen LogP contribution is 2.40. The second-order valence-electron chi connectivity index (χ2n) is 7.16. The molecule has 32 heavy (non-hydrogen) atoms. The predicted octanol–water partition coefficient (Wildman–Crippen LogP) is 5.49. The van der Waals surface area contributed by atoms with Crippen LogP contribution in [0, 0.1) is 0 Å². The Kier molecular flexibility index (Phi) is 8.10. The Morgan fingerprint density at radius 3 is 2.44 bits per heavy atom. The van der Waals surface area contributed by atoms with Crippen LogP contribution in [0.15, 0.2) is 30.3 Å². The fraction of sp³-hybridized carbons (Fsp3) is 0.391. The zero-order chi connectivity index (χ0) is 23.3. The van der Waals surface area contributed by atoms with Crippen LogP contribution in [0.5, 0.6) is 11.5 Å². The lowest BCUT2D eigenvalue weighted by Crippen LogP contribution is -2.43. The number of esters is 1. The number of rotatable bonds is 7. The lowest BCUT2D eigenvalue weighted by atomic mass is 9.90. The molecule has 0 saturated heterocycles. The van der Waals surface area contributed by atoms with Gasteiger partial charge in [-0.25, -0.2) is 4.79 Å². The summed E-state index contributed by atoms with van der Waals surface area (Å²) in [5.74, 6) is 0.796. The van der Waals surface area contributed by atoms with Crippen LogP contribution >= 0.6 is 23.2 Å². The molecule has 9 heteroatoms. The molecule has 0 fully saturated rings. The van der Waals surface area contributed by atoms with Crippen molar-refractivity contribution in [3.63, 3.8) is 0 Å². The van der Waals surface area contributed by atoms with Gasteiger partial charge in [-0.3, -0.25) is 4.79 Å². The highest BCUT2D eigenvalue weighted by atomic mass is 35.5. The van der Waals surface area contributed by atoms with Crippen LogP contribution in [0.3, 0.4) is 0 Å². The van der Waals surface area contributed by atoms with Gasteiger partial charge in [0, 0.05) is 11.6 Å². The first-order valence-corrected chi connectivity index (χ1v) is 11.1. The first-order valence-electron chi connectivity index (χ1n) is 10.4. The number of ether oxygens (including phenoxy) is 3. The van der Waals surface area contributed by atoms with Gasteiger partial charge in [0.1, 0.15) is 0 Å². The van der Waals surface area contributed by atoms with Crippen LogP contribution in [0.2, 0.25) is 10.0 Å². The molecular formula is C23H26Cl2N2O5. The van der Waals surface area contributed by atoms with Crippen molar-refractivity contribution >= 4 is 40.9 Å². The molecule has 3 rings (SSSR count). The zero-order valence-electron chi connectivity index (χ0n) is 18.2. The van der Waals surface area contributed by atoms with E-state index in [9.17, 15) is 9.59 Å². The van der Waals surface area contributed by atoms with E-state index in [1.165, 1.54) is 7.11 Å². The van der Waals surface area contributed by atoms with Crippen LogP contribution in [0.4, 0.5) is 10.5 Å². The number of halogens is 2. The van der Waals surface area contributed by atoms with Gasteiger partial charge in [-0.15, -0.1) is 0 Å². The Morgan fingerprint density at radius 1 is 1.09 bits per heavy atom. The number of hydrogen-bond donors (Lipinski definition) is 1. The van der Waals surface area contributed by atoms with E-state index < -0.39 is 12.0 Å². The Morgan fingerprint density at radius 2 is 1.78 bits per heavy atom. The molecule has 0 spiro atoms. The molecule has 1 heterocycles. The van der Waals surface area contributed by atoms with Gasteiger partial charge >= 0.3 is 12.0 Å². The molecule has 172 valence electrons. The minimum Gasteiger partial charge on any atom is -0.490 e. The van der Waals surface area contributed by atoms with Crippen molar-refractivity contribution in [2.45, 2.75) is 32.7 Å². The van der Waals surface area contributed by atoms with E-state index in [1.54, 1.807) is 23.1 Å². The van der Waals surface area contributed by atoms with Crippen LogP contribution in [0.1, 0.15) is 37.4 Å². The van der Waals surface area contributed by atoms with Crippen molar-refractivity contribution in [3.8, 4) is 11.5 Å². The Bertz CT molecular complexity index is 999. The molecule has 2 amide bonds. The van der Waals surface area contributed by atoms with Gasteiger partial charge in [-0.1, -0.05) is 23.2 Å². The van der Waals surface area contributed by atoms with E-state index in [1.807, 2.05) is 26.0 Å². The molecule has 1 N–H and O–H groups in total. The number of anilines is 1. The molecule has 0 bridgehead atoms. The molecule has 0 radical (unpaired) electrons. The SMILES string of the molecule is CCOc1cc2c(cc1OCC)[C@H](CC(=O)OC)N(C(=O)Nc1cc(Cl)ccc1Cl)CC2. The first-order chi connectivity index (χ1) is 15.4. The lowest BCUT2D eigenvalue weighted by Gasteiger charge is -2.37. The van der Waals surface area contributed by atoms with E-state index in [0.717, 1.165) is 11.1 Å². The molecule has 0 aliphatic carbocycles. The summed E-state index contributed by atoms with van der Waals surface area (Å²) in [7, 11) is 1.33. The van der Waals surface area contributed by atoms with Crippen molar-refractivity contribution in [2.75, 3.05) is 32.2 Å². The minimum atomic E-state index is -0.543. The van der Waals surface area contributed by atoms with Gasteiger partial charge in [0.2, 0.25) is 0 Å². The molecule has 2 aromatic carbocycles. The van der Waals surface area contributed by atoms with Crippen LogP contribution in [-0.4, -0.2) is 43.8 Å². The second kappa shape index (κ2) is 10.8. The molecule has 2 aromatic rings. The number of benzene rings is 2. The van der Waals surface area contributed by atoms with Gasteiger partial charge in [0.05, 0.1) is 43.5 Å². The summed E-state index contributed by atoms with van der Waals surface area (Å²) in [6.07, 6.45) is 0.593. The number of nitrogens with one attached hydrogen (secondary N) is 1. The number of nitrogens with zero attached hydrogens (tertiary/aromatic N) is 1. The average Bonchev–Trinajstić information content (AvgIpc) is 2.77. The number of fused-ring (bicyclic) bond motifs is 1. The van der Waals surface area contributed by atoms with Gasteiger partial charge in [0.25, 0.3) is 0 Å². The summed E-state index contributed by atoms with van der Waals surface area (Å²) in [5.41, 5.74) is 2.21. The number of methoxy groups -OCH3 is 1. The summed E-state index contributed by atoms with van der Waals surface area (Å²) < 4.78 is 16.4. The number of amides is 2. The minimum absolute atomic E-state index is 0.000253. The van der Waals surface area contributed by atoms with Crippen LogP contribution in [0.25, 0.3) is 0 Å². The number of carbonyl (C=O) groups is 2. The van der Waals surface area contributed by atoms with Gasteiger partial charge in [-0.05, 0) is 61.7 Å². The van der Waals surface area contributed by atoms with Crippen LogP contribution < -0.4 is 14.8 Å². The highest BCUT2D eigenvalue weighted by molar-refractivity contribution is 6.35. The van der Waals surface area contributed by atoms with E-state index in [2.05, 4.69) is 5.32 Å². The van der Waals surface area contributed by atoms with Gasteiger partial charge < -0.3 is 24.4 Å². The maximum absolute atomic E-state index is 13.2. The van der Waals surface area contributed by atoms with Gasteiger partial charge in [-0.2, -0.15) is 0 Å². The fourth-order valence-corrected chi connectivity index (χ4v) is 4.07. The summed E-state index contributed by atoms with van der Waals surface area (Å²) in [4.78, 5) is 27.0. The van der Waals surface area contributed by atoms with E-state index >= 15 is 0 Å². The summed E-state index contributed by atoms with van der Waals surface area (Å²) >= 11 is 12.3.